The first-order valence-corrected chi connectivity index (χ1v) is 11.0. The highest BCUT2D eigenvalue weighted by Crippen LogP contribution is 2.36. The summed E-state index contributed by atoms with van der Waals surface area (Å²) < 4.78 is 11.3. The van der Waals surface area contributed by atoms with Gasteiger partial charge >= 0.3 is 5.97 Å². The Hall–Kier alpha value is -0.683. The Labute approximate surface area is 137 Å². The van der Waals surface area contributed by atoms with Crippen LogP contribution in [0.25, 0.3) is 0 Å². The number of ether oxygens (including phenoxy) is 1. The van der Waals surface area contributed by atoms with Gasteiger partial charge in [0, 0.05) is 12.5 Å². The van der Waals surface area contributed by atoms with Crippen LogP contribution in [-0.4, -0.2) is 32.3 Å². The molecule has 130 valence electrons. The molecular weight excluding hydrogens is 296 g/mol. The summed E-state index contributed by atoms with van der Waals surface area (Å²) in [6.07, 6.45) is 1.19. The average molecular weight is 331 g/mol. The smallest absolute Gasteiger partial charge is 0.375 e. The molecule has 0 aromatic heterocycles. The fraction of sp³-hybridized carbons (Fsp3) is 0.882. The molecule has 0 aliphatic carbocycles. The van der Waals surface area contributed by atoms with Gasteiger partial charge in [0.1, 0.15) is 5.60 Å². The van der Waals surface area contributed by atoms with Crippen LogP contribution in [0.2, 0.25) is 18.1 Å². The van der Waals surface area contributed by atoms with E-state index in [0.717, 1.165) is 0 Å². The van der Waals surface area contributed by atoms with Crippen molar-refractivity contribution < 1.29 is 18.8 Å². The van der Waals surface area contributed by atoms with Crippen LogP contribution >= 0.6 is 0 Å². The highest BCUT2D eigenvalue weighted by Gasteiger charge is 2.37. The van der Waals surface area contributed by atoms with Crippen molar-refractivity contribution in [2.45, 2.75) is 85.0 Å². The predicted octanol–water partition coefficient (Wildman–Crippen LogP) is 4.34. The lowest BCUT2D eigenvalue weighted by Crippen LogP contribution is -2.41. The Morgan fingerprint density at radius 2 is 1.55 bits per heavy atom. The maximum Gasteiger partial charge on any atom is 0.375 e. The van der Waals surface area contributed by atoms with E-state index in [2.05, 4.69) is 33.9 Å². The Balaban J connectivity index is 4.56. The van der Waals surface area contributed by atoms with Gasteiger partial charge in [-0.05, 0) is 51.7 Å². The van der Waals surface area contributed by atoms with E-state index >= 15 is 0 Å². The minimum absolute atomic E-state index is 0.143. The monoisotopic (exact) mass is 330 g/mol. The lowest BCUT2D eigenvalue weighted by atomic mass is 9.97. The molecular formula is C17H34O4Si. The maximum absolute atomic E-state index is 12.2. The Morgan fingerprint density at radius 1 is 1.05 bits per heavy atom. The van der Waals surface area contributed by atoms with Gasteiger partial charge in [0.25, 0.3) is 0 Å². The number of esters is 1. The van der Waals surface area contributed by atoms with Crippen molar-refractivity contribution >= 4 is 20.1 Å². The van der Waals surface area contributed by atoms with Crippen LogP contribution in [0.3, 0.4) is 0 Å². The third-order valence-corrected chi connectivity index (χ3v) is 8.74. The molecule has 0 unspecified atom stereocenters. The second-order valence-electron chi connectivity index (χ2n) is 8.37. The molecule has 0 heterocycles. The fourth-order valence-corrected chi connectivity index (χ4v) is 2.75. The summed E-state index contributed by atoms with van der Waals surface area (Å²) in [4.78, 5) is 24.1. The summed E-state index contributed by atoms with van der Waals surface area (Å²) in [6.45, 7) is 18.6. The number of hydrogen-bond acceptors (Lipinski definition) is 4. The molecule has 5 heteroatoms. The minimum atomic E-state index is -1.81. The Kier molecular flexibility index (Phi) is 7.49. The van der Waals surface area contributed by atoms with E-state index in [1.807, 2.05) is 6.92 Å². The molecule has 0 aromatic rings. The van der Waals surface area contributed by atoms with Crippen molar-refractivity contribution in [2.75, 3.05) is 6.61 Å². The second kappa shape index (κ2) is 7.73. The number of hydrogen-bond donors (Lipinski definition) is 0. The summed E-state index contributed by atoms with van der Waals surface area (Å²) >= 11 is 0. The maximum atomic E-state index is 12.2. The second-order valence-corrected chi connectivity index (χ2v) is 13.2. The quantitative estimate of drug-likeness (QED) is 0.396. The van der Waals surface area contributed by atoms with Crippen LogP contribution in [0.4, 0.5) is 0 Å². The van der Waals surface area contributed by atoms with Gasteiger partial charge in [-0.15, -0.1) is 0 Å². The molecule has 0 aliphatic rings. The topological polar surface area (TPSA) is 52.6 Å². The van der Waals surface area contributed by atoms with Gasteiger partial charge in [-0.1, -0.05) is 27.7 Å². The van der Waals surface area contributed by atoms with Crippen molar-refractivity contribution in [3.8, 4) is 0 Å². The zero-order valence-electron chi connectivity index (χ0n) is 15.8. The van der Waals surface area contributed by atoms with Crippen molar-refractivity contribution in [2.24, 2.45) is 5.92 Å². The number of ketones is 1. The SMILES string of the molecule is CC[C@H](CCO[Si](C)(C)C(C)(C)C)C(=O)C(=O)OC(C)(C)C. The van der Waals surface area contributed by atoms with Gasteiger partial charge in [0.05, 0.1) is 0 Å². The number of rotatable bonds is 7. The van der Waals surface area contributed by atoms with Crippen molar-refractivity contribution in [1.29, 1.82) is 0 Å². The molecule has 0 saturated carbocycles. The van der Waals surface area contributed by atoms with E-state index < -0.39 is 25.7 Å². The standard InChI is InChI=1S/C17H34O4Si/c1-10-13(14(18)15(19)21-16(2,3)4)11-12-20-22(8,9)17(5,6)7/h13H,10-12H2,1-9H3/t13-/m1/s1. The third kappa shape index (κ3) is 7.05. The first-order chi connectivity index (χ1) is 9.71. The molecule has 1 atom stereocenters. The van der Waals surface area contributed by atoms with E-state index in [1.165, 1.54) is 0 Å². The van der Waals surface area contributed by atoms with Gasteiger partial charge in [-0.3, -0.25) is 4.79 Å². The predicted molar refractivity (Wildman–Crippen MR) is 92.4 cm³/mol. The molecule has 22 heavy (non-hydrogen) atoms. The molecule has 0 aromatic carbocycles. The fourth-order valence-electron chi connectivity index (χ4n) is 1.69. The van der Waals surface area contributed by atoms with Crippen LogP contribution in [0.15, 0.2) is 0 Å². The molecule has 0 rings (SSSR count). The zero-order chi connectivity index (χ0) is 17.8. The first kappa shape index (κ1) is 21.3. The molecule has 0 radical (unpaired) electrons. The summed E-state index contributed by atoms with van der Waals surface area (Å²) in [5, 5.41) is 0.143. The van der Waals surface area contributed by atoms with E-state index in [4.69, 9.17) is 9.16 Å². The van der Waals surface area contributed by atoms with E-state index in [1.54, 1.807) is 20.8 Å². The lowest BCUT2D eigenvalue weighted by molar-refractivity contribution is -0.164. The van der Waals surface area contributed by atoms with E-state index in [-0.39, 0.29) is 11.0 Å². The summed E-state index contributed by atoms with van der Waals surface area (Å²) in [6, 6.07) is 0. The molecule has 0 amide bonds. The third-order valence-electron chi connectivity index (χ3n) is 4.20. The summed E-state index contributed by atoms with van der Waals surface area (Å²) in [5.41, 5.74) is -0.636. The van der Waals surface area contributed by atoms with Gasteiger partial charge in [-0.25, -0.2) is 4.79 Å². The number of Topliss-reactive ketones (excluding diaryl/α,β-unsaturated/α-hetero) is 1. The summed E-state index contributed by atoms with van der Waals surface area (Å²) in [7, 11) is -1.81. The minimum Gasteiger partial charge on any atom is -0.454 e. The highest BCUT2D eigenvalue weighted by atomic mass is 28.4. The van der Waals surface area contributed by atoms with Crippen LogP contribution < -0.4 is 0 Å². The van der Waals surface area contributed by atoms with Gasteiger partial charge < -0.3 is 9.16 Å². The van der Waals surface area contributed by atoms with E-state index in [9.17, 15) is 9.59 Å². The van der Waals surface area contributed by atoms with Gasteiger partial charge in [0.2, 0.25) is 5.78 Å². The van der Waals surface area contributed by atoms with Crippen LogP contribution in [0, 0.1) is 5.92 Å². The van der Waals surface area contributed by atoms with Gasteiger partial charge in [0.15, 0.2) is 8.32 Å². The van der Waals surface area contributed by atoms with E-state index in [0.29, 0.717) is 19.4 Å². The first-order valence-electron chi connectivity index (χ1n) is 8.12. The molecule has 0 saturated heterocycles. The van der Waals surface area contributed by atoms with Gasteiger partial charge in [-0.2, -0.15) is 0 Å². The van der Waals surface area contributed by atoms with Crippen LogP contribution in [0.1, 0.15) is 61.3 Å². The van der Waals surface area contributed by atoms with Crippen LogP contribution in [0.5, 0.6) is 0 Å². The highest BCUT2D eigenvalue weighted by molar-refractivity contribution is 6.74. The van der Waals surface area contributed by atoms with Crippen molar-refractivity contribution in [1.82, 2.24) is 0 Å². The molecule has 0 fully saturated rings. The largest absolute Gasteiger partial charge is 0.454 e. The normalized spacial score (nSPS) is 14.6. The van der Waals surface area contributed by atoms with Crippen molar-refractivity contribution in [3.63, 3.8) is 0 Å². The molecule has 0 bridgehead atoms. The zero-order valence-corrected chi connectivity index (χ0v) is 16.8. The Bertz CT molecular complexity index is 388. The number of carbonyl (C=O) groups is 2. The molecule has 0 N–H and O–H groups in total. The lowest BCUT2D eigenvalue weighted by Gasteiger charge is -2.36. The number of carbonyl (C=O) groups excluding carboxylic acids is 2. The average Bonchev–Trinajstić information content (AvgIpc) is 2.30. The molecule has 0 aliphatic heterocycles. The van der Waals surface area contributed by atoms with Crippen molar-refractivity contribution in [3.05, 3.63) is 0 Å². The molecule has 4 nitrogen and oxygen atoms in total. The summed E-state index contributed by atoms with van der Waals surface area (Å²) in [5.74, 6) is -1.48. The van der Waals surface area contributed by atoms with Crippen LogP contribution in [-0.2, 0) is 18.8 Å². The Morgan fingerprint density at radius 3 is 1.91 bits per heavy atom. The molecule has 0 spiro atoms.